The van der Waals surface area contributed by atoms with E-state index in [-0.39, 0.29) is 11.9 Å². The van der Waals surface area contributed by atoms with Gasteiger partial charge in [0.1, 0.15) is 11.5 Å². The molecule has 1 aromatic carbocycles. The fourth-order valence-electron chi connectivity index (χ4n) is 4.36. The third-order valence-corrected chi connectivity index (χ3v) is 5.91. The Bertz CT molecular complexity index is 1380. The molecule has 3 aromatic heterocycles. The predicted octanol–water partition coefficient (Wildman–Crippen LogP) is 2.84. The monoisotopic (exact) mass is 396 g/mol. The molecule has 1 aliphatic carbocycles. The van der Waals surface area contributed by atoms with Crippen LogP contribution in [0.4, 0.5) is 5.82 Å². The number of hydrogen-bond donors (Lipinski definition) is 1. The van der Waals surface area contributed by atoms with Gasteiger partial charge in [0.25, 0.3) is 5.91 Å². The Hall–Kier alpha value is -3.92. The number of rotatable bonds is 2. The van der Waals surface area contributed by atoms with E-state index < -0.39 is 0 Å². The molecular weight excluding hydrogens is 376 g/mol. The largest absolute Gasteiger partial charge is 0.383 e. The molecule has 1 amide bonds. The molecule has 3 heterocycles. The third-order valence-electron chi connectivity index (χ3n) is 5.91. The molecule has 4 aromatic rings. The van der Waals surface area contributed by atoms with Crippen LogP contribution in [0, 0.1) is 12.3 Å². The van der Waals surface area contributed by atoms with Crippen LogP contribution < -0.4 is 5.73 Å². The highest BCUT2D eigenvalue weighted by atomic mass is 16.2. The van der Waals surface area contributed by atoms with Crippen LogP contribution in [0.25, 0.3) is 21.8 Å². The van der Waals surface area contributed by atoms with Gasteiger partial charge in [0.05, 0.1) is 28.7 Å². The average molecular weight is 396 g/mol. The molecule has 148 valence electrons. The minimum atomic E-state index is -0.0529. The summed E-state index contributed by atoms with van der Waals surface area (Å²) in [7, 11) is 3.69. The van der Waals surface area contributed by atoms with E-state index in [9.17, 15) is 4.79 Å². The van der Waals surface area contributed by atoms with E-state index in [4.69, 9.17) is 12.2 Å². The molecule has 0 bridgehead atoms. The summed E-state index contributed by atoms with van der Waals surface area (Å²) in [6, 6.07) is 9.31. The van der Waals surface area contributed by atoms with Crippen LogP contribution in [-0.4, -0.2) is 37.6 Å². The molecule has 0 spiro atoms. The fourth-order valence-corrected chi connectivity index (χ4v) is 4.36. The first-order valence-electron chi connectivity index (χ1n) is 9.72. The molecule has 7 heteroatoms. The minimum absolute atomic E-state index is 0.0243. The van der Waals surface area contributed by atoms with Gasteiger partial charge in [0.2, 0.25) is 0 Å². The molecule has 1 aliphatic rings. The van der Waals surface area contributed by atoms with Gasteiger partial charge in [0, 0.05) is 30.7 Å². The number of nitrogens with two attached hydrogens (primary N) is 1. The molecule has 1 atom stereocenters. The Morgan fingerprint density at radius 3 is 2.90 bits per heavy atom. The standard InChI is InChI=1S/C23H20N6O/c1-4-14-6-7-15-18(26-14)9-10-20(15)28(2)23(30)13-5-8-19-16(11-13)21-17(22(24)27-19)12-25-29(21)3/h1,5-8,11-12,20H,9-10H2,2-3H3,(H2,24,27). The van der Waals surface area contributed by atoms with Crippen molar-refractivity contribution in [3.05, 3.63) is 59.0 Å². The van der Waals surface area contributed by atoms with Gasteiger partial charge in [-0.05, 0) is 42.7 Å². The third kappa shape index (κ3) is 2.61. The lowest BCUT2D eigenvalue weighted by atomic mass is 10.1. The zero-order valence-corrected chi connectivity index (χ0v) is 16.8. The van der Waals surface area contributed by atoms with Crippen molar-refractivity contribution < 1.29 is 4.79 Å². The molecule has 1 unspecified atom stereocenters. The minimum Gasteiger partial charge on any atom is -0.383 e. The van der Waals surface area contributed by atoms with Crippen molar-refractivity contribution in [2.75, 3.05) is 12.8 Å². The van der Waals surface area contributed by atoms with E-state index >= 15 is 0 Å². The molecule has 7 nitrogen and oxygen atoms in total. The van der Waals surface area contributed by atoms with E-state index in [2.05, 4.69) is 21.0 Å². The Morgan fingerprint density at radius 2 is 2.10 bits per heavy atom. The van der Waals surface area contributed by atoms with Crippen LogP contribution in [0.1, 0.15) is 39.8 Å². The summed E-state index contributed by atoms with van der Waals surface area (Å²) in [5, 5.41) is 5.93. The number of nitrogens with zero attached hydrogens (tertiary/aromatic N) is 5. The highest BCUT2D eigenvalue weighted by Crippen LogP contribution is 2.35. The average Bonchev–Trinajstić information content (AvgIpc) is 3.36. The van der Waals surface area contributed by atoms with Gasteiger partial charge >= 0.3 is 0 Å². The predicted molar refractivity (Wildman–Crippen MR) is 116 cm³/mol. The lowest BCUT2D eigenvalue weighted by Crippen LogP contribution is -2.30. The second-order valence-corrected chi connectivity index (χ2v) is 7.61. The van der Waals surface area contributed by atoms with Gasteiger partial charge in [-0.15, -0.1) is 6.42 Å². The highest BCUT2D eigenvalue weighted by Gasteiger charge is 2.30. The Balaban J connectivity index is 1.54. The summed E-state index contributed by atoms with van der Waals surface area (Å²) in [6.45, 7) is 0. The number of terminal acetylenes is 1. The number of carbonyl (C=O) groups is 1. The van der Waals surface area contributed by atoms with Crippen LogP contribution in [0.5, 0.6) is 0 Å². The van der Waals surface area contributed by atoms with Gasteiger partial charge in [0.15, 0.2) is 0 Å². The number of pyridine rings is 2. The second-order valence-electron chi connectivity index (χ2n) is 7.61. The lowest BCUT2D eigenvalue weighted by molar-refractivity contribution is 0.0731. The maximum atomic E-state index is 13.3. The second kappa shape index (κ2) is 6.56. The number of nitrogen functional groups attached to an aromatic ring is 1. The Morgan fingerprint density at radius 1 is 1.27 bits per heavy atom. The quantitative estimate of drug-likeness (QED) is 0.526. The number of amides is 1. The smallest absolute Gasteiger partial charge is 0.254 e. The molecule has 0 aliphatic heterocycles. The van der Waals surface area contributed by atoms with Crippen LogP contribution in [0.2, 0.25) is 0 Å². The molecule has 0 radical (unpaired) electrons. The molecule has 30 heavy (non-hydrogen) atoms. The lowest BCUT2D eigenvalue weighted by Gasteiger charge is -2.25. The van der Waals surface area contributed by atoms with E-state index in [0.717, 1.165) is 45.9 Å². The molecular formula is C23H20N6O. The fraction of sp³-hybridized carbons (Fsp3) is 0.217. The zero-order chi connectivity index (χ0) is 21.0. The topological polar surface area (TPSA) is 89.9 Å². The Labute approximate surface area is 173 Å². The highest BCUT2D eigenvalue weighted by molar-refractivity contribution is 6.10. The van der Waals surface area contributed by atoms with Gasteiger partial charge in [-0.3, -0.25) is 9.48 Å². The van der Waals surface area contributed by atoms with Gasteiger partial charge in [-0.2, -0.15) is 5.10 Å². The van der Waals surface area contributed by atoms with Crippen LogP contribution >= 0.6 is 0 Å². The summed E-state index contributed by atoms with van der Waals surface area (Å²) in [4.78, 5) is 24.1. The number of hydrogen-bond acceptors (Lipinski definition) is 5. The normalized spacial score (nSPS) is 15.3. The summed E-state index contributed by atoms with van der Waals surface area (Å²) >= 11 is 0. The summed E-state index contributed by atoms with van der Waals surface area (Å²) in [5.74, 6) is 2.95. The zero-order valence-electron chi connectivity index (χ0n) is 16.8. The van der Waals surface area contributed by atoms with Crippen molar-refractivity contribution in [2.45, 2.75) is 18.9 Å². The van der Waals surface area contributed by atoms with E-state index in [0.29, 0.717) is 17.1 Å². The van der Waals surface area contributed by atoms with Gasteiger partial charge in [-0.1, -0.05) is 12.0 Å². The van der Waals surface area contributed by atoms with E-state index in [1.165, 1.54) is 0 Å². The number of benzene rings is 1. The van der Waals surface area contributed by atoms with Crippen LogP contribution in [0.3, 0.4) is 0 Å². The summed E-state index contributed by atoms with van der Waals surface area (Å²) < 4.78 is 1.76. The molecule has 5 rings (SSSR count). The molecule has 2 N–H and O–H groups in total. The first kappa shape index (κ1) is 18.1. The maximum Gasteiger partial charge on any atom is 0.254 e. The van der Waals surface area contributed by atoms with Crippen molar-refractivity contribution in [3.8, 4) is 12.3 Å². The molecule has 0 saturated carbocycles. The molecule has 0 saturated heterocycles. The van der Waals surface area contributed by atoms with Crippen molar-refractivity contribution in [2.24, 2.45) is 7.05 Å². The van der Waals surface area contributed by atoms with Crippen molar-refractivity contribution in [1.82, 2.24) is 24.6 Å². The first-order chi connectivity index (χ1) is 14.5. The molecule has 0 fully saturated rings. The van der Waals surface area contributed by atoms with E-state index in [1.807, 2.05) is 38.4 Å². The van der Waals surface area contributed by atoms with Gasteiger partial charge in [-0.25, -0.2) is 9.97 Å². The number of aromatic nitrogens is 4. The first-order valence-corrected chi connectivity index (χ1v) is 9.72. The van der Waals surface area contributed by atoms with Crippen molar-refractivity contribution in [3.63, 3.8) is 0 Å². The maximum absolute atomic E-state index is 13.3. The Kier molecular flexibility index (Phi) is 3.97. The van der Waals surface area contributed by atoms with Crippen LogP contribution in [0.15, 0.2) is 36.5 Å². The van der Waals surface area contributed by atoms with Crippen LogP contribution in [-0.2, 0) is 13.5 Å². The van der Waals surface area contributed by atoms with Gasteiger partial charge < -0.3 is 10.6 Å². The SMILES string of the molecule is C#Cc1ccc2c(n1)CCC2N(C)C(=O)c1ccc2nc(N)c3cnn(C)c3c2c1. The van der Waals surface area contributed by atoms with Crippen molar-refractivity contribution >= 4 is 33.5 Å². The number of aryl methyl sites for hydroxylation is 2. The summed E-state index contributed by atoms with van der Waals surface area (Å²) in [6.07, 6.45) is 8.80. The number of fused-ring (bicyclic) bond motifs is 4. The van der Waals surface area contributed by atoms with Crippen molar-refractivity contribution in [1.29, 1.82) is 0 Å². The van der Waals surface area contributed by atoms with E-state index in [1.54, 1.807) is 21.8 Å². The number of carbonyl (C=O) groups excluding carboxylic acids is 1. The summed E-state index contributed by atoms with van der Waals surface area (Å²) in [5.41, 5.74) is 10.9. The number of anilines is 1.